The molecule has 19 heavy (non-hydrogen) atoms. The Hall–Kier alpha value is -0.650. The maximum Gasteiger partial charge on any atom is 0.306 e. The predicted molar refractivity (Wildman–Crippen MR) is 68.6 cm³/mol. The second-order valence-electron chi connectivity index (χ2n) is 5.61. The van der Waals surface area contributed by atoms with E-state index in [-0.39, 0.29) is 30.4 Å². The van der Waals surface area contributed by atoms with Crippen LogP contribution in [0.2, 0.25) is 0 Å². The van der Waals surface area contributed by atoms with Crippen LogP contribution in [0.4, 0.5) is 0 Å². The Morgan fingerprint density at radius 1 is 1.21 bits per heavy atom. The van der Waals surface area contributed by atoms with Gasteiger partial charge in [-0.15, -0.1) is 0 Å². The van der Waals surface area contributed by atoms with Gasteiger partial charge in [0.1, 0.15) is 6.10 Å². The van der Waals surface area contributed by atoms with Gasteiger partial charge in [-0.1, -0.05) is 6.92 Å². The van der Waals surface area contributed by atoms with Gasteiger partial charge in [-0.2, -0.15) is 0 Å². The van der Waals surface area contributed by atoms with Crippen molar-refractivity contribution in [2.24, 2.45) is 11.8 Å². The van der Waals surface area contributed by atoms with E-state index in [1.54, 1.807) is 0 Å². The molecule has 5 nitrogen and oxygen atoms in total. The summed E-state index contributed by atoms with van der Waals surface area (Å²) in [5, 5.41) is 9.23. The molecule has 3 saturated heterocycles. The van der Waals surface area contributed by atoms with Gasteiger partial charge in [0.2, 0.25) is 0 Å². The van der Waals surface area contributed by atoms with Crippen molar-refractivity contribution >= 4 is 5.97 Å². The monoisotopic (exact) mass is 272 g/mol. The third-order valence-electron chi connectivity index (χ3n) is 4.39. The highest BCUT2D eigenvalue weighted by Crippen LogP contribution is 2.32. The van der Waals surface area contributed by atoms with E-state index in [4.69, 9.17) is 14.2 Å². The SMILES string of the molecule is CC1OC[C@H]2OC(=O)C[C@@H]12.CC[C@@H]1C(C)OC[C@H]1O. The van der Waals surface area contributed by atoms with E-state index in [1.807, 2.05) is 13.8 Å². The second kappa shape index (κ2) is 6.20. The van der Waals surface area contributed by atoms with Gasteiger partial charge in [-0.3, -0.25) is 4.79 Å². The summed E-state index contributed by atoms with van der Waals surface area (Å²) in [7, 11) is 0. The highest BCUT2D eigenvalue weighted by atomic mass is 16.6. The van der Waals surface area contributed by atoms with Gasteiger partial charge in [0.25, 0.3) is 0 Å². The Morgan fingerprint density at radius 3 is 2.37 bits per heavy atom. The van der Waals surface area contributed by atoms with Crippen LogP contribution in [0, 0.1) is 11.8 Å². The van der Waals surface area contributed by atoms with Crippen molar-refractivity contribution in [2.45, 2.75) is 58.0 Å². The molecule has 0 aromatic rings. The highest BCUT2D eigenvalue weighted by molar-refractivity contribution is 5.72. The number of hydrogen-bond donors (Lipinski definition) is 1. The number of aliphatic hydroxyl groups is 1. The average Bonchev–Trinajstić information content (AvgIpc) is 2.99. The van der Waals surface area contributed by atoms with Crippen LogP contribution in [0.15, 0.2) is 0 Å². The number of carbonyl (C=O) groups excluding carboxylic acids is 1. The van der Waals surface area contributed by atoms with E-state index in [0.717, 1.165) is 6.42 Å². The topological polar surface area (TPSA) is 65.0 Å². The molecule has 0 spiro atoms. The van der Waals surface area contributed by atoms with Crippen molar-refractivity contribution in [1.29, 1.82) is 0 Å². The number of aliphatic hydroxyl groups excluding tert-OH is 1. The van der Waals surface area contributed by atoms with Crippen LogP contribution in [0.5, 0.6) is 0 Å². The summed E-state index contributed by atoms with van der Waals surface area (Å²) in [5.74, 6) is 0.627. The third kappa shape index (κ3) is 3.27. The molecule has 0 saturated carbocycles. The first-order valence-electron chi connectivity index (χ1n) is 7.13. The minimum absolute atomic E-state index is 0.0579. The zero-order valence-electron chi connectivity index (χ0n) is 11.9. The number of ether oxygens (including phenoxy) is 3. The van der Waals surface area contributed by atoms with Crippen LogP contribution in [0.3, 0.4) is 0 Å². The molecule has 110 valence electrons. The summed E-state index contributed by atoms with van der Waals surface area (Å²) in [6.07, 6.45) is 1.86. The van der Waals surface area contributed by atoms with E-state index >= 15 is 0 Å². The summed E-state index contributed by atoms with van der Waals surface area (Å²) in [6.45, 7) is 7.22. The highest BCUT2D eigenvalue weighted by Gasteiger charge is 2.43. The Labute approximate surface area is 114 Å². The second-order valence-corrected chi connectivity index (χ2v) is 5.61. The lowest BCUT2D eigenvalue weighted by Gasteiger charge is -2.12. The normalized spacial score (nSPS) is 44.5. The first-order chi connectivity index (χ1) is 9.02. The van der Waals surface area contributed by atoms with Crippen LogP contribution in [0.25, 0.3) is 0 Å². The zero-order chi connectivity index (χ0) is 14.0. The zero-order valence-corrected chi connectivity index (χ0v) is 11.9. The lowest BCUT2D eigenvalue weighted by atomic mass is 9.98. The molecule has 3 rings (SSSR count). The molecule has 3 fully saturated rings. The lowest BCUT2D eigenvalue weighted by Crippen LogP contribution is -2.20. The minimum atomic E-state index is -0.218. The number of carbonyl (C=O) groups is 1. The number of hydrogen-bond acceptors (Lipinski definition) is 5. The van der Waals surface area contributed by atoms with Crippen LogP contribution in [-0.4, -0.2) is 48.7 Å². The molecule has 3 heterocycles. The van der Waals surface area contributed by atoms with E-state index in [2.05, 4.69) is 6.92 Å². The molecule has 0 aromatic carbocycles. The fourth-order valence-electron chi connectivity index (χ4n) is 3.04. The van der Waals surface area contributed by atoms with Gasteiger partial charge in [-0.25, -0.2) is 0 Å². The number of rotatable bonds is 1. The molecule has 3 aliphatic heterocycles. The van der Waals surface area contributed by atoms with Crippen molar-refractivity contribution in [1.82, 2.24) is 0 Å². The lowest BCUT2D eigenvalue weighted by molar-refractivity contribution is -0.142. The standard InChI is InChI=1S/C7H10O3.C7H14O2/c1-4-5-2-7(8)10-6(5)3-9-4;1-3-6-5(2)9-4-7(6)8/h4-6H,2-3H2,1H3;5-8H,3-4H2,1-2H3/t4?,5-,6+;5?,6-,7-/m01/s1. The minimum Gasteiger partial charge on any atom is -0.459 e. The van der Waals surface area contributed by atoms with Crippen molar-refractivity contribution in [3.8, 4) is 0 Å². The fourth-order valence-corrected chi connectivity index (χ4v) is 3.04. The van der Waals surface area contributed by atoms with Crippen LogP contribution in [0.1, 0.15) is 33.6 Å². The molecule has 3 aliphatic rings. The molecule has 0 aromatic heterocycles. The van der Waals surface area contributed by atoms with E-state index in [9.17, 15) is 9.90 Å². The van der Waals surface area contributed by atoms with Gasteiger partial charge < -0.3 is 19.3 Å². The molecular weight excluding hydrogens is 248 g/mol. The van der Waals surface area contributed by atoms with Crippen molar-refractivity contribution in [2.75, 3.05) is 13.2 Å². The molecule has 6 atom stereocenters. The summed E-state index contributed by atoms with van der Waals surface area (Å²) in [4.78, 5) is 10.7. The van der Waals surface area contributed by atoms with Gasteiger partial charge in [0, 0.05) is 11.8 Å². The van der Waals surface area contributed by atoms with Crippen LogP contribution >= 0.6 is 0 Å². The Bertz CT molecular complexity index is 309. The van der Waals surface area contributed by atoms with Crippen molar-refractivity contribution < 1.29 is 24.1 Å². The summed E-state index contributed by atoms with van der Waals surface area (Å²) < 4.78 is 15.5. The van der Waals surface area contributed by atoms with Crippen molar-refractivity contribution in [3.05, 3.63) is 0 Å². The molecule has 0 amide bonds. The summed E-state index contributed by atoms with van der Waals surface area (Å²) >= 11 is 0. The van der Waals surface area contributed by atoms with E-state index in [1.165, 1.54) is 0 Å². The Morgan fingerprint density at radius 2 is 1.89 bits per heavy atom. The summed E-state index contributed by atoms with van der Waals surface area (Å²) in [6, 6.07) is 0. The molecule has 0 bridgehead atoms. The smallest absolute Gasteiger partial charge is 0.306 e. The molecular formula is C14H24O5. The number of fused-ring (bicyclic) bond motifs is 1. The first kappa shape index (κ1) is 14.8. The molecule has 0 aliphatic carbocycles. The average molecular weight is 272 g/mol. The fraction of sp³-hybridized carbons (Fsp3) is 0.929. The van der Waals surface area contributed by atoms with E-state index < -0.39 is 0 Å². The molecule has 0 radical (unpaired) electrons. The molecule has 2 unspecified atom stereocenters. The third-order valence-corrected chi connectivity index (χ3v) is 4.39. The molecule has 1 N–H and O–H groups in total. The van der Waals surface area contributed by atoms with Crippen molar-refractivity contribution in [3.63, 3.8) is 0 Å². The van der Waals surface area contributed by atoms with Gasteiger partial charge in [0.05, 0.1) is 37.9 Å². The summed E-state index contributed by atoms with van der Waals surface area (Å²) in [5.41, 5.74) is 0. The Kier molecular flexibility index (Phi) is 4.81. The largest absolute Gasteiger partial charge is 0.459 e. The first-order valence-corrected chi connectivity index (χ1v) is 7.13. The van der Waals surface area contributed by atoms with Gasteiger partial charge >= 0.3 is 5.97 Å². The van der Waals surface area contributed by atoms with Crippen LogP contribution < -0.4 is 0 Å². The van der Waals surface area contributed by atoms with Gasteiger partial charge in [-0.05, 0) is 20.3 Å². The maximum atomic E-state index is 10.7. The quantitative estimate of drug-likeness (QED) is 0.725. The molecule has 5 heteroatoms. The van der Waals surface area contributed by atoms with Crippen LogP contribution in [-0.2, 0) is 19.0 Å². The van der Waals surface area contributed by atoms with Gasteiger partial charge in [0.15, 0.2) is 0 Å². The maximum absolute atomic E-state index is 10.7. The Balaban J connectivity index is 0.000000141. The van der Waals surface area contributed by atoms with E-state index in [0.29, 0.717) is 31.5 Å². The number of esters is 1. The predicted octanol–water partition coefficient (Wildman–Crippen LogP) is 1.13.